The fourth-order valence-corrected chi connectivity index (χ4v) is 1.21. The first-order valence-electron chi connectivity index (χ1n) is 4.51. The van der Waals surface area contributed by atoms with Crippen LogP contribution in [0.25, 0.3) is 0 Å². The zero-order valence-corrected chi connectivity index (χ0v) is 8.34. The quantitative estimate of drug-likeness (QED) is 0.853. The van der Waals surface area contributed by atoms with Gasteiger partial charge in [-0.05, 0) is 23.4 Å². The van der Waals surface area contributed by atoms with E-state index >= 15 is 0 Å². The number of tetrazole rings is 1. The summed E-state index contributed by atoms with van der Waals surface area (Å²) in [5.41, 5.74) is 0.0133. The van der Waals surface area contributed by atoms with Gasteiger partial charge < -0.3 is 5.11 Å². The molecule has 0 saturated carbocycles. The molecule has 0 fully saturated rings. The van der Waals surface area contributed by atoms with Gasteiger partial charge in [0.05, 0.1) is 6.54 Å². The molecule has 1 aromatic carbocycles. The SMILES string of the molecule is O=C(O)c1nnn(Cc2cc(F)ccc2F)n1. The number of carboxylic acid groups (broad SMARTS) is 1. The van der Waals surface area contributed by atoms with Crippen LogP contribution in [-0.4, -0.2) is 31.3 Å². The number of carboxylic acids is 1. The average Bonchev–Trinajstić information content (AvgIpc) is 2.72. The molecule has 88 valence electrons. The molecule has 1 heterocycles. The molecule has 0 spiro atoms. The lowest BCUT2D eigenvalue weighted by atomic mass is 10.2. The first kappa shape index (κ1) is 11.1. The van der Waals surface area contributed by atoms with Crippen LogP contribution in [0.4, 0.5) is 8.78 Å². The van der Waals surface area contributed by atoms with Gasteiger partial charge in [-0.2, -0.15) is 4.80 Å². The molecule has 0 aliphatic heterocycles. The Kier molecular flexibility index (Phi) is 2.77. The number of benzene rings is 1. The van der Waals surface area contributed by atoms with Crippen molar-refractivity contribution >= 4 is 5.97 Å². The molecular weight excluding hydrogens is 234 g/mol. The molecular formula is C9H6F2N4O2. The van der Waals surface area contributed by atoms with Gasteiger partial charge in [0.25, 0.3) is 5.82 Å². The molecule has 0 radical (unpaired) electrons. The number of nitrogens with zero attached hydrogens (tertiary/aromatic N) is 4. The third kappa shape index (κ3) is 2.41. The van der Waals surface area contributed by atoms with E-state index in [0.29, 0.717) is 0 Å². The maximum atomic E-state index is 13.2. The normalized spacial score (nSPS) is 10.5. The van der Waals surface area contributed by atoms with Crippen LogP contribution >= 0.6 is 0 Å². The number of halogens is 2. The maximum absolute atomic E-state index is 13.2. The van der Waals surface area contributed by atoms with Crippen molar-refractivity contribution in [3.63, 3.8) is 0 Å². The van der Waals surface area contributed by atoms with E-state index in [1.165, 1.54) is 0 Å². The Hall–Kier alpha value is -2.38. The fraction of sp³-hybridized carbons (Fsp3) is 0.111. The summed E-state index contributed by atoms with van der Waals surface area (Å²) in [5, 5.41) is 18.7. The van der Waals surface area contributed by atoms with Crippen LogP contribution < -0.4 is 0 Å². The van der Waals surface area contributed by atoms with Gasteiger partial charge in [-0.25, -0.2) is 13.6 Å². The van der Waals surface area contributed by atoms with Gasteiger partial charge in [0.2, 0.25) is 0 Å². The van der Waals surface area contributed by atoms with Crippen LogP contribution in [0.1, 0.15) is 16.2 Å². The predicted octanol–water partition coefficient (Wildman–Crippen LogP) is 0.698. The smallest absolute Gasteiger partial charge is 0.377 e. The molecule has 0 aliphatic carbocycles. The molecule has 0 amide bonds. The summed E-state index contributed by atoms with van der Waals surface area (Å²) in [6.45, 7) is -0.191. The first-order chi connectivity index (χ1) is 8.06. The third-order valence-corrected chi connectivity index (χ3v) is 1.96. The van der Waals surface area contributed by atoms with E-state index in [4.69, 9.17) is 5.11 Å². The number of aromatic nitrogens is 4. The van der Waals surface area contributed by atoms with Crippen LogP contribution in [0, 0.1) is 11.6 Å². The molecule has 17 heavy (non-hydrogen) atoms. The highest BCUT2D eigenvalue weighted by Crippen LogP contribution is 2.10. The van der Waals surface area contributed by atoms with Gasteiger partial charge in [-0.15, -0.1) is 10.2 Å². The highest BCUT2D eigenvalue weighted by molar-refractivity contribution is 5.82. The summed E-state index contributed by atoms with van der Waals surface area (Å²) >= 11 is 0. The molecule has 0 aliphatic rings. The second-order valence-electron chi connectivity index (χ2n) is 3.18. The number of hydrogen-bond acceptors (Lipinski definition) is 4. The van der Waals surface area contributed by atoms with Crippen molar-refractivity contribution in [2.75, 3.05) is 0 Å². The number of rotatable bonds is 3. The standard InChI is InChI=1S/C9H6F2N4O2/c10-6-1-2-7(11)5(3-6)4-15-13-8(9(16)17)12-14-15/h1-3H,4H2,(H,16,17). The average molecular weight is 240 g/mol. The fourth-order valence-electron chi connectivity index (χ4n) is 1.21. The first-order valence-corrected chi connectivity index (χ1v) is 4.51. The Bertz CT molecular complexity index is 570. The third-order valence-electron chi connectivity index (χ3n) is 1.96. The Morgan fingerprint density at radius 1 is 1.41 bits per heavy atom. The lowest BCUT2D eigenvalue weighted by molar-refractivity contribution is 0.0683. The Morgan fingerprint density at radius 3 is 2.82 bits per heavy atom. The molecule has 2 rings (SSSR count). The van der Waals surface area contributed by atoms with E-state index in [1.54, 1.807) is 0 Å². The molecule has 2 aromatic rings. The van der Waals surface area contributed by atoms with Gasteiger partial charge in [0, 0.05) is 5.56 Å². The summed E-state index contributed by atoms with van der Waals surface area (Å²) < 4.78 is 26.1. The van der Waals surface area contributed by atoms with Crippen LogP contribution in [0.3, 0.4) is 0 Å². The van der Waals surface area contributed by atoms with Crippen molar-refractivity contribution in [2.45, 2.75) is 6.54 Å². The van der Waals surface area contributed by atoms with E-state index < -0.39 is 23.4 Å². The molecule has 0 saturated heterocycles. The van der Waals surface area contributed by atoms with Gasteiger partial charge in [-0.3, -0.25) is 0 Å². The lowest BCUT2D eigenvalue weighted by Crippen LogP contribution is -2.07. The minimum atomic E-state index is -1.34. The molecule has 0 unspecified atom stereocenters. The maximum Gasteiger partial charge on any atom is 0.377 e. The molecule has 1 aromatic heterocycles. The van der Waals surface area contributed by atoms with Crippen molar-refractivity contribution in [1.82, 2.24) is 20.2 Å². The van der Waals surface area contributed by atoms with E-state index in [-0.39, 0.29) is 12.1 Å². The number of hydrogen-bond donors (Lipinski definition) is 1. The minimum Gasteiger partial charge on any atom is -0.475 e. The summed E-state index contributed by atoms with van der Waals surface area (Å²) in [5.74, 6) is -3.06. The van der Waals surface area contributed by atoms with Gasteiger partial charge >= 0.3 is 5.97 Å². The Labute approximate surface area is 93.5 Å². The lowest BCUT2D eigenvalue weighted by Gasteiger charge is -2.01. The zero-order chi connectivity index (χ0) is 12.4. The molecule has 0 bridgehead atoms. The van der Waals surface area contributed by atoms with Gasteiger partial charge in [0.15, 0.2) is 0 Å². The summed E-state index contributed by atoms with van der Waals surface area (Å²) in [7, 11) is 0. The van der Waals surface area contributed by atoms with Crippen molar-refractivity contribution in [3.05, 3.63) is 41.2 Å². The minimum absolute atomic E-state index is 0.0133. The molecule has 6 nitrogen and oxygen atoms in total. The summed E-state index contributed by atoms with van der Waals surface area (Å²) in [6.07, 6.45) is 0. The predicted molar refractivity (Wildman–Crippen MR) is 50.2 cm³/mol. The molecule has 8 heteroatoms. The van der Waals surface area contributed by atoms with Crippen molar-refractivity contribution < 1.29 is 18.7 Å². The second kappa shape index (κ2) is 4.24. The van der Waals surface area contributed by atoms with Gasteiger partial charge in [-0.1, -0.05) is 0 Å². The van der Waals surface area contributed by atoms with Crippen LogP contribution in [0.5, 0.6) is 0 Å². The highest BCUT2D eigenvalue weighted by atomic mass is 19.1. The Morgan fingerprint density at radius 2 is 2.18 bits per heavy atom. The highest BCUT2D eigenvalue weighted by Gasteiger charge is 2.12. The van der Waals surface area contributed by atoms with Crippen molar-refractivity contribution in [1.29, 1.82) is 0 Å². The monoisotopic (exact) mass is 240 g/mol. The van der Waals surface area contributed by atoms with E-state index in [1.807, 2.05) is 0 Å². The van der Waals surface area contributed by atoms with E-state index in [9.17, 15) is 13.6 Å². The van der Waals surface area contributed by atoms with Crippen LogP contribution in [0.2, 0.25) is 0 Å². The topological polar surface area (TPSA) is 80.9 Å². The largest absolute Gasteiger partial charge is 0.475 e. The van der Waals surface area contributed by atoms with E-state index in [0.717, 1.165) is 23.0 Å². The van der Waals surface area contributed by atoms with Crippen molar-refractivity contribution in [3.8, 4) is 0 Å². The van der Waals surface area contributed by atoms with Crippen LogP contribution in [-0.2, 0) is 6.54 Å². The zero-order valence-electron chi connectivity index (χ0n) is 8.34. The molecule has 1 N–H and O–H groups in total. The van der Waals surface area contributed by atoms with Gasteiger partial charge in [0.1, 0.15) is 11.6 Å². The Balaban J connectivity index is 2.25. The summed E-state index contributed by atoms with van der Waals surface area (Å²) in [4.78, 5) is 11.4. The van der Waals surface area contributed by atoms with Crippen molar-refractivity contribution in [2.24, 2.45) is 0 Å². The molecule has 0 atom stereocenters. The second-order valence-corrected chi connectivity index (χ2v) is 3.18. The number of aromatic carboxylic acids is 1. The summed E-state index contributed by atoms with van der Waals surface area (Å²) in [6, 6.07) is 2.94. The van der Waals surface area contributed by atoms with Crippen LogP contribution in [0.15, 0.2) is 18.2 Å². The number of carbonyl (C=O) groups is 1. The van der Waals surface area contributed by atoms with E-state index in [2.05, 4.69) is 15.4 Å².